The fourth-order valence-electron chi connectivity index (χ4n) is 2.62. The third-order valence-electron chi connectivity index (χ3n) is 3.85. The molecule has 22 heavy (non-hydrogen) atoms. The van der Waals surface area contributed by atoms with Gasteiger partial charge in [-0.25, -0.2) is 0 Å². The minimum absolute atomic E-state index is 0.352. The van der Waals surface area contributed by atoms with Crippen molar-refractivity contribution in [2.45, 2.75) is 12.6 Å². The highest BCUT2D eigenvalue weighted by atomic mass is 35.5. The van der Waals surface area contributed by atoms with Crippen LogP contribution in [0, 0.1) is 0 Å². The fraction of sp³-hybridized carbons (Fsp3) is 0.353. The molecule has 2 heterocycles. The Labute approximate surface area is 136 Å². The van der Waals surface area contributed by atoms with Crippen molar-refractivity contribution in [3.05, 3.63) is 59.4 Å². The summed E-state index contributed by atoms with van der Waals surface area (Å²) in [6, 6.07) is 12.2. The SMILES string of the molecule is Clc1ccc(CN2CCNCC2COc2cccnc2)cc1. The predicted octanol–water partition coefficient (Wildman–Crippen LogP) is 2.59. The summed E-state index contributed by atoms with van der Waals surface area (Å²) in [7, 11) is 0. The fourth-order valence-corrected chi connectivity index (χ4v) is 2.75. The van der Waals surface area contributed by atoms with Crippen LogP contribution in [0.2, 0.25) is 5.02 Å². The summed E-state index contributed by atoms with van der Waals surface area (Å²) in [6.07, 6.45) is 3.50. The average molecular weight is 318 g/mol. The Morgan fingerprint density at radius 2 is 2.14 bits per heavy atom. The van der Waals surface area contributed by atoms with Crippen LogP contribution in [0.1, 0.15) is 5.56 Å². The van der Waals surface area contributed by atoms with Crippen LogP contribution in [0.25, 0.3) is 0 Å². The zero-order chi connectivity index (χ0) is 15.2. The maximum atomic E-state index is 5.95. The van der Waals surface area contributed by atoms with E-state index >= 15 is 0 Å². The molecule has 1 aromatic carbocycles. The molecule has 1 fully saturated rings. The third-order valence-corrected chi connectivity index (χ3v) is 4.10. The first-order valence-corrected chi connectivity index (χ1v) is 7.91. The Bertz CT molecular complexity index is 576. The summed E-state index contributed by atoms with van der Waals surface area (Å²) >= 11 is 5.95. The smallest absolute Gasteiger partial charge is 0.137 e. The number of halogens is 1. The second-order valence-corrected chi connectivity index (χ2v) is 5.89. The van der Waals surface area contributed by atoms with Gasteiger partial charge in [0.1, 0.15) is 12.4 Å². The molecule has 0 bridgehead atoms. The normalized spacial score (nSPS) is 19.0. The molecule has 1 saturated heterocycles. The minimum atomic E-state index is 0.352. The lowest BCUT2D eigenvalue weighted by molar-refractivity contribution is 0.104. The van der Waals surface area contributed by atoms with Crippen molar-refractivity contribution >= 4 is 11.6 Å². The number of piperazine rings is 1. The van der Waals surface area contributed by atoms with E-state index in [1.165, 1.54) is 5.56 Å². The minimum Gasteiger partial charge on any atom is -0.490 e. The van der Waals surface area contributed by atoms with Gasteiger partial charge in [0, 0.05) is 37.4 Å². The molecular weight excluding hydrogens is 298 g/mol. The Balaban J connectivity index is 1.59. The quantitative estimate of drug-likeness (QED) is 0.920. The van der Waals surface area contributed by atoms with Gasteiger partial charge in [-0.05, 0) is 29.8 Å². The number of rotatable bonds is 5. The molecule has 0 spiro atoms. The number of hydrogen-bond acceptors (Lipinski definition) is 4. The van der Waals surface area contributed by atoms with Crippen LogP contribution in [0.3, 0.4) is 0 Å². The topological polar surface area (TPSA) is 37.4 Å². The van der Waals surface area contributed by atoms with Crippen LogP contribution in [0.5, 0.6) is 5.75 Å². The first-order chi connectivity index (χ1) is 10.8. The lowest BCUT2D eigenvalue weighted by atomic mass is 10.1. The third kappa shape index (κ3) is 4.19. The first kappa shape index (κ1) is 15.3. The van der Waals surface area contributed by atoms with E-state index in [4.69, 9.17) is 16.3 Å². The number of nitrogens with one attached hydrogen (secondary N) is 1. The molecule has 1 N–H and O–H groups in total. The lowest BCUT2D eigenvalue weighted by Crippen LogP contribution is -2.53. The van der Waals surface area contributed by atoms with Gasteiger partial charge in [-0.1, -0.05) is 23.7 Å². The van der Waals surface area contributed by atoms with Crippen LogP contribution < -0.4 is 10.1 Å². The summed E-state index contributed by atoms with van der Waals surface area (Å²) in [6.45, 7) is 4.54. The Morgan fingerprint density at radius 3 is 2.91 bits per heavy atom. The second kappa shape index (κ2) is 7.58. The molecule has 0 saturated carbocycles. The molecule has 4 nitrogen and oxygen atoms in total. The molecular formula is C17H20ClN3O. The van der Waals surface area contributed by atoms with Crippen LogP contribution in [0.4, 0.5) is 0 Å². The van der Waals surface area contributed by atoms with Crippen molar-refractivity contribution in [3.63, 3.8) is 0 Å². The monoisotopic (exact) mass is 317 g/mol. The summed E-state index contributed by atoms with van der Waals surface area (Å²) in [5.41, 5.74) is 1.28. The lowest BCUT2D eigenvalue weighted by Gasteiger charge is -2.36. The number of pyridine rings is 1. The van der Waals surface area contributed by atoms with Crippen molar-refractivity contribution in [2.24, 2.45) is 0 Å². The van der Waals surface area contributed by atoms with E-state index in [0.29, 0.717) is 12.6 Å². The van der Waals surface area contributed by atoms with E-state index in [2.05, 4.69) is 27.3 Å². The molecule has 116 valence electrons. The Hall–Kier alpha value is -1.62. The summed E-state index contributed by atoms with van der Waals surface area (Å²) in [5, 5.41) is 4.22. The van der Waals surface area contributed by atoms with Gasteiger partial charge in [0.05, 0.1) is 12.2 Å². The second-order valence-electron chi connectivity index (χ2n) is 5.45. The maximum Gasteiger partial charge on any atom is 0.137 e. The van der Waals surface area contributed by atoms with E-state index in [-0.39, 0.29) is 0 Å². The number of ether oxygens (including phenoxy) is 1. The van der Waals surface area contributed by atoms with Crippen LogP contribution >= 0.6 is 11.6 Å². The molecule has 1 aliphatic rings. The van der Waals surface area contributed by atoms with Crippen molar-refractivity contribution < 1.29 is 4.74 Å². The predicted molar refractivity (Wildman–Crippen MR) is 88.3 cm³/mol. The first-order valence-electron chi connectivity index (χ1n) is 7.53. The maximum absolute atomic E-state index is 5.95. The number of aromatic nitrogens is 1. The van der Waals surface area contributed by atoms with Gasteiger partial charge in [0.15, 0.2) is 0 Å². The highest BCUT2D eigenvalue weighted by Gasteiger charge is 2.22. The molecule has 0 amide bonds. The van der Waals surface area contributed by atoms with Crippen molar-refractivity contribution in [1.82, 2.24) is 15.2 Å². The highest BCUT2D eigenvalue weighted by molar-refractivity contribution is 6.30. The van der Waals surface area contributed by atoms with E-state index in [1.807, 2.05) is 24.3 Å². The van der Waals surface area contributed by atoms with Crippen molar-refractivity contribution in [3.8, 4) is 5.75 Å². The molecule has 0 aliphatic carbocycles. The average Bonchev–Trinajstić information content (AvgIpc) is 2.57. The summed E-state index contributed by atoms with van der Waals surface area (Å²) in [4.78, 5) is 6.53. The van der Waals surface area contributed by atoms with Gasteiger partial charge in [-0.15, -0.1) is 0 Å². The summed E-state index contributed by atoms with van der Waals surface area (Å²) < 4.78 is 5.87. The molecule has 0 radical (unpaired) electrons. The van der Waals surface area contributed by atoms with Gasteiger partial charge in [0.2, 0.25) is 0 Å². The molecule has 3 rings (SSSR count). The van der Waals surface area contributed by atoms with E-state index in [9.17, 15) is 0 Å². The van der Waals surface area contributed by atoms with Gasteiger partial charge in [-0.2, -0.15) is 0 Å². The van der Waals surface area contributed by atoms with Gasteiger partial charge >= 0.3 is 0 Å². The zero-order valence-corrected chi connectivity index (χ0v) is 13.2. The van der Waals surface area contributed by atoms with Gasteiger partial charge in [-0.3, -0.25) is 9.88 Å². The Kier molecular flexibility index (Phi) is 5.27. The molecule has 1 atom stereocenters. The molecule has 2 aromatic rings. The molecule has 1 aliphatic heterocycles. The van der Waals surface area contributed by atoms with Gasteiger partial charge < -0.3 is 10.1 Å². The number of nitrogens with zero attached hydrogens (tertiary/aromatic N) is 2. The van der Waals surface area contributed by atoms with Crippen LogP contribution in [-0.4, -0.2) is 42.2 Å². The number of hydrogen-bond donors (Lipinski definition) is 1. The van der Waals surface area contributed by atoms with Crippen molar-refractivity contribution in [1.29, 1.82) is 0 Å². The van der Waals surface area contributed by atoms with Crippen molar-refractivity contribution in [2.75, 3.05) is 26.2 Å². The largest absolute Gasteiger partial charge is 0.490 e. The van der Waals surface area contributed by atoms with E-state index in [1.54, 1.807) is 12.4 Å². The zero-order valence-electron chi connectivity index (χ0n) is 12.4. The molecule has 1 unspecified atom stereocenters. The standard InChI is InChI=1S/C17H20ClN3O/c18-15-5-3-14(4-6-15)12-21-9-8-20-10-16(21)13-22-17-2-1-7-19-11-17/h1-7,11,16,20H,8-10,12-13H2. The van der Waals surface area contributed by atoms with Crippen LogP contribution in [-0.2, 0) is 6.54 Å². The number of benzene rings is 1. The molecule has 1 aromatic heterocycles. The Morgan fingerprint density at radius 1 is 1.27 bits per heavy atom. The highest BCUT2D eigenvalue weighted by Crippen LogP contribution is 2.15. The summed E-state index contributed by atoms with van der Waals surface area (Å²) in [5.74, 6) is 0.819. The van der Waals surface area contributed by atoms with Gasteiger partial charge in [0.25, 0.3) is 0 Å². The van der Waals surface area contributed by atoms with E-state index < -0.39 is 0 Å². The molecule has 5 heteroatoms. The van der Waals surface area contributed by atoms with E-state index in [0.717, 1.165) is 37.0 Å². The van der Waals surface area contributed by atoms with Crippen LogP contribution in [0.15, 0.2) is 48.8 Å².